The molecule has 1 heterocycles. The second-order valence-electron chi connectivity index (χ2n) is 7.31. The molecular weight excluding hydrogens is 428 g/mol. The van der Waals surface area contributed by atoms with Crippen LogP contribution in [0.5, 0.6) is 5.75 Å². The number of rotatable bonds is 8. The zero-order valence-corrected chi connectivity index (χ0v) is 18.7. The smallest absolute Gasteiger partial charge is 0.259 e. The fourth-order valence-corrected chi connectivity index (χ4v) is 3.09. The molecule has 0 aliphatic rings. The van der Waals surface area contributed by atoms with Crippen LogP contribution in [0.4, 0.5) is 11.5 Å². The number of nitrogens with two attached hydrogens (primary N) is 1. The standard InChI is InChI=1S/C24H25ClN4O3/c1-15-5-8-20(19(12-15)24(31)29-22-9-6-17(25)14-27-22)28-23(30)18-7-4-16(2)13-21(18)32-11-3-10-26/h4-9,12-14H,3,10-11,26H2,1-2H3,(H,28,30)(H,27,29,31). The number of anilines is 2. The van der Waals surface area contributed by atoms with Gasteiger partial charge in [0.2, 0.25) is 0 Å². The van der Waals surface area contributed by atoms with Crippen molar-refractivity contribution in [1.29, 1.82) is 0 Å². The fourth-order valence-electron chi connectivity index (χ4n) is 2.98. The van der Waals surface area contributed by atoms with Gasteiger partial charge in [-0.2, -0.15) is 0 Å². The molecule has 32 heavy (non-hydrogen) atoms. The molecule has 0 spiro atoms. The summed E-state index contributed by atoms with van der Waals surface area (Å²) in [5, 5.41) is 6.02. The van der Waals surface area contributed by atoms with Crippen LogP contribution in [0.3, 0.4) is 0 Å². The number of halogens is 1. The lowest BCUT2D eigenvalue weighted by Crippen LogP contribution is -2.19. The van der Waals surface area contributed by atoms with Crippen LogP contribution >= 0.6 is 11.6 Å². The van der Waals surface area contributed by atoms with Crippen molar-refractivity contribution in [1.82, 2.24) is 4.98 Å². The van der Waals surface area contributed by atoms with Crippen molar-refractivity contribution in [3.8, 4) is 5.75 Å². The van der Waals surface area contributed by atoms with E-state index in [1.54, 1.807) is 36.4 Å². The number of aryl methyl sites for hydroxylation is 2. The van der Waals surface area contributed by atoms with Crippen molar-refractivity contribution in [2.45, 2.75) is 20.3 Å². The Morgan fingerprint density at radius 2 is 1.69 bits per heavy atom. The van der Waals surface area contributed by atoms with E-state index in [1.165, 1.54) is 6.20 Å². The largest absolute Gasteiger partial charge is 0.493 e. The number of benzene rings is 2. The van der Waals surface area contributed by atoms with E-state index in [9.17, 15) is 9.59 Å². The highest BCUT2D eigenvalue weighted by Gasteiger charge is 2.18. The highest BCUT2D eigenvalue weighted by atomic mass is 35.5. The second-order valence-corrected chi connectivity index (χ2v) is 7.75. The van der Waals surface area contributed by atoms with E-state index in [-0.39, 0.29) is 5.91 Å². The normalized spacial score (nSPS) is 10.5. The molecule has 4 N–H and O–H groups in total. The lowest BCUT2D eigenvalue weighted by atomic mass is 10.1. The number of hydrogen-bond acceptors (Lipinski definition) is 5. The van der Waals surface area contributed by atoms with Crippen LogP contribution < -0.4 is 21.1 Å². The Balaban J connectivity index is 1.84. The van der Waals surface area contributed by atoms with Crippen LogP contribution in [0.15, 0.2) is 54.7 Å². The summed E-state index contributed by atoms with van der Waals surface area (Å²) in [6.07, 6.45) is 2.12. The third-order valence-corrected chi connectivity index (χ3v) is 4.85. The van der Waals surface area contributed by atoms with Gasteiger partial charge in [0, 0.05) is 6.20 Å². The summed E-state index contributed by atoms with van der Waals surface area (Å²) in [6, 6.07) is 13.8. The summed E-state index contributed by atoms with van der Waals surface area (Å²) in [5.41, 5.74) is 8.44. The molecule has 0 bridgehead atoms. The molecule has 8 heteroatoms. The summed E-state index contributed by atoms with van der Waals surface area (Å²) in [7, 11) is 0. The van der Waals surface area contributed by atoms with Crippen molar-refractivity contribution in [3.05, 3.63) is 82.0 Å². The van der Waals surface area contributed by atoms with Crippen molar-refractivity contribution >= 4 is 34.9 Å². The Labute approximate surface area is 191 Å². The molecule has 2 aromatic carbocycles. The maximum atomic E-state index is 13.1. The summed E-state index contributed by atoms with van der Waals surface area (Å²) in [5.74, 6) is 0.0455. The minimum Gasteiger partial charge on any atom is -0.493 e. The van der Waals surface area contributed by atoms with Gasteiger partial charge in [0.05, 0.1) is 28.4 Å². The first-order chi connectivity index (χ1) is 15.4. The van der Waals surface area contributed by atoms with Crippen LogP contribution in [0, 0.1) is 13.8 Å². The maximum absolute atomic E-state index is 13.1. The van der Waals surface area contributed by atoms with E-state index >= 15 is 0 Å². The molecule has 3 aromatic rings. The molecule has 0 saturated heterocycles. The quantitative estimate of drug-likeness (QED) is 0.433. The van der Waals surface area contributed by atoms with Crippen molar-refractivity contribution < 1.29 is 14.3 Å². The van der Waals surface area contributed by atoms with Crippen LogP contribution in [0.2, 0.25) is 5.02 Å². The van der Waals surface area contributed by atoms with Gasteiger partial charge >= 0.3 is 0 Å². The first-order valence-electron chi connectivity index (χ1n) is 10.2. The minimum atomic E-state index is -0.401. The number of nitrogens with zero attached hydrogens (tertiary/aromatic N) is 1. The molecule has 7 nitrogen and oxygen atoms in total. The summed E-state index contributed by atoms with van der Waals surface area (Å²) >= 11 is 5.85. The molecule has 3 rings (SSSR count). The van der Waals surface area contributed by atoms with Crippen molar-refractivity contribution in [2.24, 2.45) is 5.73 Å². The minimum absolute atomic E-state index is 0.313. The zero-order valence-electron chi connectivity index (χ0n) is 17.9. The topological polar surface area (TPSA) is 106 Å². The maximum Gasteiger partial charge on any atom is 0.259 e. The van der Waals surface area contributed by atoms with Gasteiger partial charge in [0.25, 0.3) is 11.8 Å². The van der Waals surface area contributed by atoms with Gasteiger partial charge in [-0.15, -0.1) is 0 Å². The molecule has 0 fully saturated rings. The van der Waals surface area contributed by atoms with E-state index in [4.69, 9.17) is 22.1 Å². The number of carbonyl (C=O) groups is 2. The van der Waals surface area contributed by atoms with Crippen molar-refractivity contribution in [2.75, 3.05) is 23.8 Å². The number of aromatic nitrogens is 1. The Morgan fingerprint density at radius 3 is 2.41 bits per heavy atom. The lowest BCUT2D eigenvalue weighted by molar-refractivity contribution is 0.102. The number of carbonyl (C=O) groups excluding carboxylic acids is 2. The Kier molecular flexibility index (Phi) is 7.81. The predicted octanol–water partition coefficient (Wildman–Crippen LogP) is 4.58. The number of pyridine rings is 1. The Hall–Kier alpha value is -3.42. The molecule has 0 saturated carbocycles. The molecule has 0 atom stereocenters. The predicted molar refractivity (Wildman–Crippen MR) is 127 cm³/mol. The lowest BCUT2D eigenvalue weighted by Gasteiger charge is -2.15. The van der Waals surface area contributed by atoms with E-state index in [0.29, 0.717) is 53.0 Å². The Morgan fingerprint density at radius 1 is 0.969 bits per heavy atom. The van der Waals surface area contributed by atoms with Crippen molar-refractivity contribution in [3.63, 3.8) is 0 Å². The monoisotopic (exact) mass is 452 g/mol. The van der Waals surface area contributed by atoms with Gasteiger partial charge in [0.1, 0.15) is 11.6 Å². The molecule has 0 radical (unpaired) electrons. The van der Waals surface area contributed by atoms with E-state index in [2.05, 4.69) is 15.6 Å². The Bertz CT molecular complexity index is 1120. The van der Waals surface area contributed by atoms with Gasteiger partial charge in [-0.05, 0) is 68.8 Å². The SMILES string of the molecule is Cc1ccc(C(=O)Nc2ccc(C)cc2C(=O)Nc2ccc(Cl)cn2)c(OCCCN)c1. The molecule has 0 unspecified atom stereocenters. The average Bonchev–Trinajstić information content (AvgIpc) is 2.76. The molecular formula is C24H25ClN4O3. The first-order valence-corrected chi connectivity index (χ1v) is 10.5. The van der Waals surface area contributed by atoms with Crippen LogP contribution in [0.1, 0.15) is 38.3 Å². The van der Waals surface area contributed by atoms with E-state index in [0.717, 1.165) is 11.1 Å². The highest BCUT2D eigenvalue weighted by Crippen LogP contribution is 2.24. The van der Waals surface area contributed by atoms with Crippen LogP contribution in [-0.4, -0.2) is 29.9 Å². The van der Waals surface area contributed by atoms with Gasteiger partial charge in [-0.25, -0.2) is 4.98 Å². The average molecular weight is 453 g/mol. The van der Waals surface area contributed by atoms with Crippen LogP contribution in [0.25, 0.3) is 0 Å². The molecule has 0 aliphatic heterocycles. The third-order valence-electron chi connectivity index (χ3n) is 4.62. The molecule has 2 amide bonds. The summed E-state index contributed by atoms with van der Waals surface area (Å²) in [4.78, 5) is 30.0. The molecule has 1 aromatic heterocycles. The molecule has 166 valence electrons. The van der Waals surface area contributed by atoms with Gasteiger partial charge in [0.15, 0.2) is 0 Å². The molecule has 0 aliphatic carbocycles. The number of ether oxygens (including phenoxy) is 1. The number of nitrogens with one attached hydrogen (secondary N) is 2. The highest BCUT2D eigenvalue weighted by molar-refractivity contribution is 6.30. The second kappa shape index (κ2) is 10.7. The number of amides is 2. The fraction of sp³-hybridized carbons (Fsp3) is 0.208. The van der Waals surface area contributed by atoms with E-state index in [1.807, 2.05) is 26.0 Å². The van der Waals surface area contributed by atoms with Crippen LogP contribution in [-0.2, 0) is 0 Å². The summed E-state index contributed by atoms with van der Waals surface area (Å²) in [6.45, 7) is 4.70. The van der Waals surface area contributed by atoms with Gasteiger partial charge in [-0.1, -0.05) is 29.3 Å². The zero-order chi connectivity index (χ0) is 23.1. The van der Waals surface area contributed by atoms with Gasteiger partial charge < -0.3 is 21.1 Å². The third kappa shape index (κ3) is 6.06. The summed E-state index contributed by atoms with van der Waals surface area (Å²) < 4.78 is 5.76. The first kappa shape index (κ1) is 23.2. The van der Waals surface area contributed by atoms with E-state index < -0.39 is 5.91 Å². The number of hydrogen-bond donors (Lipinski definition) is 3. The van der Waals surface area contributed by atoms with Gasteiger partial charge in [-0.3, -0.25) is 9.59 Å².